The molecular formula is C21H24N6O2S. The number of hydrogen-bond donors (Lipinski definition) is 1. The van der Waals surface area contributed by atoms with Crippen LogP contribution in [0.4, 0.5) is 5.82 Å². The van der Waals surface area contributed by atoms with Gasteiger partial charge in [0.1, 0.15) is 12.1 Å². The number of aryl methyl sites for hydroxylation is 1. The summed E-state index contributed by atoms with van der Waals surface area (Å²) in [5.74, 6) is 1.28. The molecule has 0 unspecified atom stereocenters. The van der Waals surface area contributed by atoms with Crippen LogP contribution in [0, 0.1) is 0 Å². The van der Waals surface area contributed by atoms with E-state index in [-0.39, 0.29) is 17.0 Å². The van der Waals surface area contributed by atoms with E-state index in [1.54, 1.807) is 24.1 Å². The summed E-state index contributed by atoms with van der Waals surface area (Å²) in [7, 11) is -1.90. The lowest BCUT2D eigenvalue weighted by Gasteiger charge is -2.20. The van der Waals surface area contributed by atoms with Crippen molar-refractivity contribution in [3.63, 3.8) is 0 Å². The van der Waals surface area contributed by atoms with E-state index in [2.05, 4.69) is 20.3 Å². The fourth-order valence-corrected chi connectivity index (χ4v) is 5.50. The summed E-state index contributed by atoms with van der Waals surface area (Å²) in [6, 6.07) is 11.9. The summed E-state index contributed by atoms with van der Waals surface area (Å²) < 4.78 is 29.5. The van der Waals surface area contributed by atoms with E-state index < -0.39 is 10.0 Å². The first-order valence-corrected chi connectivity index (χ1v) is 11.6. The number of sulfonamides is 1. The average Bonchev–Trinajstić information content (AvgIpc) is 3.37. The van der Waals surface area contributed by atoms with Gasteiger partial charge in [0.25, 0.3) is 10.0 Å². The molecule has 1 aromatic carbocycles. The largest absolute Gasteiger partial charge is 0.365 e. The molecule has 1 aliphatic heterocycles. The number of rotatable bonds is 6. The summed E-state index contributed by atoms with van der Waals surface area (Å²) in [4.78, 5) is 12.8. The molecule has 1 saturated heterocycles. The number of anilines is 1. The zero-order valence-electron chi connectivity index (χ0n) is 16.7. The second-order valence-corrected chi connectivity index (χ2v) is 9.95. The van der Waals surface area contributed by atoms with Crippen LogP contribution in [0.2, 0.25) is 0 Å². The molecule has 156 valence electrons. The topological polar surface area (TPSA) is 93.0 Å². The highest BCUT2D eigenvalue weighted by Gasteiger charge is 2.41. The number of nitrogens with zero attached hydrogens (tertiary/aromatic N) is 5. The smallest absolute Gasteiger partial charge is 0.262 e. The highest BCUT2D eigenvalue weighted by atomic mass is 32.2. The van der Waals surface area contributed by atoms with E-state index in [1.165, 1.54) is 23.5 Å². The van der Waals surface area contributed by atoms with Crippen molar-refractivity contribution in [2.45, 2.75) is 35.7 Å². The molecule has 1 aliphatic carbocycles. The van der Waals surface area contributed by atoms with Crippen molar-refractivity contribution >= 4 is 15.8 Å². The Bertz CT molecular complexity index is 1140. The predicted molar refractivity (Wildman–Crippen MR) is 113 cm³/mol. The average molecular weight is 425 g/mol. The second-order valence-electron chi connectivity index (χ2n) is 8.07. The SMILES string of the molecule is Cn1cnc(S(=O)(=O)N2C[C@H](Nc3cc(C4CC4)ncn3)[C@@H](c3ccccc3)C2)c1. The van der Waals surface area contributed by atoms with Crippen LogP contribution in [0.5, 0.6) is 0 Å². The number of benzene rings is 1. The third-order valence-corrected chi connectivity index (χ3v) is 7.53. The Morgan fingerprint density at radius 2 is 1.87 bits per heavy atom. The highest BCUT2D eigenvalue weighted by Crippen LogP contribution is 2.39. The molecule has 3 aromatic rings. The van der Waals surface area contributed by atoms with Crippen molar-refractivity contribution in [3.8, 4) is 0 Å². The Balaban J connectivity index is 1.44. The Kier molecular flexibility index (Phi) is 4.79. The summed E-state index contributed by atoms with van der Waals surface area (Å²) in [5.41, 5.74) is 2.16. The maximum atomic E-state index is 13.2. The molecule has 0 spiro atoms. The van der Waals surface area contributed by atoms with Gasteiger partial charge in [0, 0.05) is 56.0 Å². The number of imidazole rings is 1. The zero-order valence-corrected chi connectivity index (χ0v) is 17.5. The lowest BCUT2D eigenvalue weighted by atomic mass is 9.94. The van der Waals surface area contributed by atoms with E-state index >= 15 is 0 Å². The van der Waals surface area contributed by atoms with Gasteiger partial charge < -0.3 is 9.88 Å². The van der Waals surface area contributed by atoms with E-state index in [4.69, 9.17) is 0 Å². The third-order valence-electron chi connectivity index (χ3n) is 5.82. The highest BCUT2D eigenvalue weighted by molar-refractivity contribution is 7.89. The molecule has 1 saturated carbocycles. The van der Waals surface area contributed by atoms with Crippen molar-refractivity contribution in [1.29, 1.82) is 0 Å². The maximum absolute atomic E-state index is 13.2. The van der Waals surface area contributed by atoms with Gasteiger partial charge in [0.2, 0.25) is 0 Å². The van der Waals surface area contributed by atoms with Gasteiger partial charge in [-0.3, -0.25) is 0 Å². The van der Waals surface area contributed by atoms with Crippen LogP contribution in [0.25, 0.3) is 0 Å². The number of aromatic nitrogens is 4. The van der Waals surface area contributed by atoms with Gasteiger partial charge in [-0.25, -0.2) is 23.4 Å². The third kappa shape index (κ3) is 3.70. The molecule has 2 aliphatic rings. The molecule has 9 heteroatoms. The normalized spacial score (nSPS) is 22.3. The molecule has 2 aromatic heterocycles. The van der Waals surface area contributed by atoms with E-state index in [0.717, 1.165) is 17.1 Å². The molecule has 1 N–H and O–H groups in total. The zero-order chi connectivity index (χ0) is 20.7. The molecule has 2 fully saturated rings. The van der Waals surface area contributed by atoms with Gasteiger partial charge in [0.15, 0.2) is 5.03 Å². The minimum absolute atomic E-state index is 0.00373. The van der Waals surface area contributed by atoms with Gasteiger partial charge in [0.05, 0.1) is 6.33 Å². The van der Waals surface area contributed by atoms with Gasteiger partial charge in [-0.2, -0.15) is 4.31 Å². The standard InChI is InChI=1S/C21H24N6O2S/c1-26-12-21(24-14-26)30(28,29)27-10-17(15-5-3-2-4-6-15)19(11-27)25-20-9-18(16-7-8-16)22-13-23-20/h2-6,9,12-14,16-17,19H,7-8,10-11H2,1H3,(H,22,23,25)/t17-,19+/m1/s1. The number of nitrogens with one attached hydrogen (secondary N) is 1. The van der Waals surface area contributed by atoms with E-state index in [1.807, 2.05) is 36.4 Å². The van der Waals surface area contributed by atoms with Crippen molar-refractivity contribution in [2.24, 2.45) is 7.05 Å². The van der Waals surface area contributed by atoms with Gasteiger partial charge in [-0.05, 0) is 18.4 Å². The first kappa shape index (κ1) is 19.2. The summed E-state index contributed by atoms with van der Waals surface area (Å²) in [5, 5.41) is 3.57. The Hall–Kier alpha value is -2.78. The molecule has 2 atom stereocenters. The quantitative estimate of drug-likeness (QED) is 0.653. The fraction of sp³-hybridized carbons (Fsp3) is 0.381. The predicted octanol–water partition coefficient (Wildman–Crippen LogP) is 2.36. The van der Waals surface area contributed by atoms with Crippen LogP contribution in [0.15, 0.2) is 60.3 Å². The molecule has 5 rings (SSSR count). The Labute approximate surface area is 176 Å². The molecule has 30 heavy (non-hydrogen) atoms. The molecule has 0 bridgehead atoms. The van der Waals surface area contributed by atoms with Crippen molar-refractivity contribution in [2.75, 3.05) is 18.4 Å². The monoisotopic (exact) mass is 424 g/mol. The lowest BCUT2D eigenvalue weighted by Crippen LogP contribution is -2.32. The molecule has 3 heterocycles. The summed E-state index contributed by atoms with van der Waals surface area (Å²) >= 11 is 0. The van der Waals surface area contributed by atoms with Crippen LogP contribution in [-0.4, -0.2) is 51.4 Å². The molecule has 0 amide bonds. The van der Waals surface area contributed by atoms with Crippen LogP contribution >= 0.6 is 0 Å². The maximum Gasteiger partial charge on any atom is 0.262 e. The Morgan fingerprint density at radius 3 is 2.57 bits per heavy atom. The van der Waals surface area contributed by atoms with Gasteiger partial charge in [-0.15, -0.1) is 0 Å². The van der Waals surface area contributed by atoms with E-state index in [9.17, 15) is 8.42 Å². The van der Waals surface area contributed by atoms with Crippen molar-refractivity contribution < 1.29 is 8.42 Å². The first-order chi connectivity index (χ1) is 14.5. The lowest BCUT2D eigenvalue weighted by molar-refractivity contribution is 0.468. The molecule has 8 nitrogen and oxygen atoms in total. The van der Waals surface area contributed by atoms with E-state index in [0.29, 0.717) is 19.0 Å². The minimum Gasteiger partial charge on any atom is -0.365 e. The van der Waals surface area contributed by atoms with Crippen LogP contribution < -0.4 is 5.32 Å². The first-order valence-electron chi connectivity index (χ1n) is 10.1. The summed E-state index contributed by atoms with van der Waals surface area (Å²) in [6.45, 7) is 0.738. The van der Waals surface area contributed by atoms with Crippen LogP contribution in [0.1, 0.15) is 35.9 Å². The van der Waals surface area contributed by atoms with Crippen molar-refractivity contribution in [1.82, 2.24) is 23.8 Å². The second kappa shape index (κ2) is 7.48. The summed E-state index contributed by atoms with van der Waals surface area (Å²) in [6.07, 6.45) is 6.98. The van der Waals surface area contributed by atoms with Gasteiger partial charge in [-0.1, -0.05) is 30.3 Å². The Morgan fingerprint density at radius 1 is 1.07 bits per heavy atom. The van der Waals surface area contributed by atoms with Gasteiger partial charge >= 0.3 is 0 Å². The molecule has 0 radical (unpaired) electrons. The molecular weight excluding hydrogens is 400 g/mol. The van der Waals surface area contributed by atoms with Crippen molar-refractivity contribution in [3.05, 3.63) is 66.5 Å². The van der Waals surface area contributed by atoms with Crippen LogP contribution in [0.3, 0.4) is 0 Å². The number of hydrogen-bond acceptors (Lipinski definition) is 6. The van der Waals surface area contributed by atoms with Crippen LogP contribution in [-0.2, 0) is 17.1 Å². The fourth-order valence-electron chi connectivity index (χ4n) is 4.05. The minimum atomic E-state index is -3.67.